The standard InChI is InChI=1S/C73H129NO13/c1-3-5-7-9-11-13-15-17-19-21-23-25-27-29-30-31-32-33-35-37-39-41-43-45-47-49-51-53-55-57-65(78)74-61(60-84-72-70(83)68(81)71(64(59-76)86-72)87-73-69(82)67(80)66(79)63(58-75)85-73)62(77)56-54-52-50-48-46-44-42-40-38-36-34-28-26-24-22-20-18-16-14-12-10-8-6-4-2/h5,7,11,13,17,19,23,25,29-30,46,48,54,56,61-64,66-73,75-77,79-83H,3-4,6,8-10,12,14-16,18,20-22,24,26-28,31-45,47,49-53,55,57-60H2,1-2H3,(H,74,78)/b7-5-,13-11-,19-17-,25-23-,30-29-,48-46+,56-54+. The first-order valence-electron chi connectivity index (χ1n) is 35.3. The molecule has 87 heavy (non-hydrogen) atoms. The Balaban J connectivity index is 1.70. The summed E-state index contributed by atoms with van der Waals surface area (Å²) in [5.41, 5.74) is 0. The number of hydrogen-bond donors (Lipinski definition) is 9. The van der Waals surface area contributed by atoms with Gasteiger partial charge < -0.3 is 65.1 Å². The molecule has 14 nitrogen and oxygen atoms in total. The lowest BCUT2D eigenvalue weighted by Gasteiger charge is -2.46. The fourth-order valence-electron chi connectivity index (χ4n) is 11.2. The summed E-state index contributed by atoms with van der Waals surface area (Å²) in [6.45, 7) is 2.69. The highest BCUT2D eigenvalue weighted by Crippen LogP contribution is 2.30. The van der Waals surface area contributed by atoms with Crippen molar-refractivity contribution in [3.63, 3.8) is 0 Å². The summed E-state index contributed by atoms with van der Waals surface area (Å²) in [7, 11) is 0. The van der Waals surface area contributed by atoms with Gasteiger partial charge in [0.25, 0.3) is 0 Å². The van der Waals surface area contributed by atoms with Gasteiger partial charge in [0.2, 0.25) is 5.91 Å². The molecule has 12 unspecified atom stereocenters. The second kappa shape index (κ2) is 57.1. The van der Waals surface area contributed by atoms with E-state index in [-0.39, 0.29) is 18.9 Å². The van der Waals surface area contributed by atoms with E-state index in [0.29, 0.717) is 12.8 Å². The average molecular weight is 1230 g/mol. The average Bonchev–Trinajstić information content (AvgIpc) is 1.55. The number of ether oxygens (including phenoxy) is 4. The third-order valence-corrected chi connectivity index (χ3v) is 16.8. The van der Waals surface area contributed by atoms with Crippen LogP contribution < -0.4 is 5.32 Å². The van der Waals surface area contributed by atoms with Crippen molar-refractivity contribution in [2.45, 2.75) is 351 Å². The Morgan fingerprint density at radius 2 is 0.805 bits per heavy atom. The molecule has 2 fully saturated rings. The summed E-state index contributed by atoms with van der Waals surface area (Å²) >= 11 is 0. The van der Waals surface area contributed by atoms with Crippen molar-refractivity contribution in [2.24, 2.45) is 0 Å². The summed E-state index contributed by atoms with van der Waals surface area (Å²) in [4.78, 5) is 13.3. The SMILES string of the molecule is CC/C=C\C/C=C\C/C=C\C/C=C\C/C=C\CCCCCCCCCCCCCCCC(=O)NC(COC1OC(CO)C(OC2OC(CO)C(O)C(O)C2O)C(O)C1O)C(O)/C=C/CC/C=C/CCCCCCCCCCCCCCCCCCCC. The summed E-state index contributed by atoms with van der Waals surface area (Å²) < 4.78 is 22.8. The molecule has 2 aliphatic heterocycles. The number of carbonyl (C=O) groups is 1. The molecule has 2 saturated heterocycles. The number of unbranched alkanes of at least 4 members (excludes halogenated alkanes) is 32. The fourth-order valence-corrected chi connectivity index (χ4v) is 11.2. The monoisotopic (exact) mass is 1230 g/mol. The van der Waals surface area contributed by atoms with Crippen molar-refractivity contribution in [3.8, 4) is 0 Å². The Morgan fingerprint density at radius 3 is 1.26 bits per heavy atom. The molecule has 0 aliphatic carbocycles. The van der Waals surface area contributed by atoms with Crippen molar-refractivity contribution in [1.82, 2.24) is 5.32 Å². The highest BCUT2D eigenvalue weighted by Gasteiger charge is 2.51. The molecule has 0 radical (unpaired) electrons. The van der Waals surface area contributed by atoms with E-state index in [0.717, 1.165) is 70.6 Å². The van der Waals surface area contributed by atoms with Crippen LogP contribution in [-0.4, -0.2) is 140 Å². The lowest BCUT2D eigenvalue weighted by molar-refractivity contribution is -0.359. The Kier molecular flexibility index (Phi) is 52.7. The topological polar surface area (TPSA) is 228 Å². The number of amides is 1. The zero-order valence-corrected chi connectivity index (χ0v) is 54.7. The number of carbonyl (C=O) groups excluding carboxylic acids is 1. The lowest BCUT2D eigenvalue weighted by atomic mass is 9.97. The number of aliphatic hydroxyl groups excluding tert-OH is 8. The molecule has 12 atom stereocenters. The Labute approximate surface area is 529 Å². The number of rotatable bonds is 57. The molecule has 2 rings (SSSR count). The molecule has 0 saturated carbocycles. The predicted molar refractivity (Wildman–Crippen MR) is 355 cm³/mol. The first-order chi connectivity index (χ1) is 42.6. The van der Waals surface area contributed by atoms with Crippen molar-refractivity contribution in [3.05, 3.63) is 85.1 Å². The molecule has 0 aromatic carbocycles. The summed E-state index contributed by atoms with van der Waals surface area (Å²) in [5.74, 6) is -0.251. The predicted octanol–water partition coefficient (Wildman–Crippen LogP) is 14.4. The van der Waals surface area contributed by atoms with E-state index >= 15 is 0 Å². The van der Waals surface area contributed by atoms with Crippen molar-refractivity contribution >= 4 is 5.91 Å². The molecular weight excluding hydrogens is 1100 g/mol. The first-order valence-corrected chi connectivity index (χ1v) is 35.3. The number of hydrogen-bond acceptors (Lipinski definition) is 13. The normalized spacial score (nSPS) is 23.8. The minimum Gasteiger partial charge on any atom is -0.394 e. The van der Waals surface area contributed by atoms with Gasteiger partial charge >= 0.3 is 0 Å². The van der Waals surface area contributed by atoms with E-state index < -0.39 is 86.8 Å². The Hall–Kier alpha value is -2.83. The zero-order valence-electron chi connectivity index (χ0n) is 54.7. The lowest BCUT2D eigenvalue weighted by Crippen LogP contribution is -2.65. The Bertz CT molecular complexity index is 1780. The van der Waals surface area contributed by atoms with Crippen molar-refractivity contribution < 1.29 is 64.6 Å². The van der Waals surface area contributed by atoms with Crippen LogP contribution in [0.3, 0.4) is 0 Å². The van der Waals surface area contributed by atoms with E-state index in [1.165, 1.54) is 173 Å². The van der Waals surface area contributed by atoms with Gasteiger partial charge in [0.15, 0.2) is 12.6 Å². The van der Waals surface area contributed by atoms with Crippen LogP contribution in [0.15, 0.2) is 85.1 Å². The molecule has 0 aromatic heterocycles. The summed E-state index contributed by atoms with van der Waals surface area (Å²) in [5, 5.41) is 87.4. The second-order valence-electron chi connectivity index (χ2n) is 24.6. The van der Waals surface area contributed by atoms with Crippen LogP contribution in [0.4, 0.5) is 0 Å². The van der Waals surface area contributed by atoms with Gasteiger partial charge in [0.05, 0.1) is 32.0 Å². The first kappa shape index (κ1) is 80.3. The van der Waals surface area contributed by atoms with Crippen LogP contribution in [-0.2, 0) is 23.7 Å². The van der Waals surface area contributed by atoms with E-state index in [9.17, 15) is 45.6 Å². The third-order valence-electron chi connectivity index (χ3n) is 16.8. The molecule has 0 aromatic rings. The molecule has 14 heteroatoms. The number of nitrogens with one attached hydrogen (secondary N) is 1. The highest BCUT2D eigenvalue weighted by molar-refractivity contribution is 5.76. The van der Waals surface area contributed by atoms with Gasteiger partial charge in [0.1, 0.15) is 48.8 Å². The number of aliphatic hydroxyl groups is 8. The second-order valence-corrected chi connectivity index (χ2v) is 24.6. The molecule has 504 valence electrons. The maximum atomic E-state index is 13.3. The minimum absolute atomic E-state index is 0.251. The zero-order chi connectivity index (χ0) is 63.1. The molecule has 0 bridgehead atoms. The van der Waals surface area contributed by atoms with Gasteiger partial charge in [-0.3, -0.25) is 4.79 Å². The van der Waals surface area contributed by atoms with Crippen LogP contribution in [0.2, 0.25) is 0 Å². The summed E-state index contributed by atoms with van der Waals surface area (Å²) in [6, 6.07) is -0.938. The highest BCUT2D eigenvalue weighted by atomic mass is 16.7. The van der Waals surface area contributed by atoms with Crippen LogP contribution >= 0.6 is 0 Å². The maximum absolute atomic E-state index is 13.3. The van der Waals surface area contributed by atoms with Crippen LogP contribution in [0.5, 0.6) is 0 Å². The largest absolute Gasteiger partial charge is 0.394 e. The molecule has 9 N–H and O–H groups in total. The van der Waals surface area contributed by atoms with Crippen molar-refractivity contribution in [2.75, 3.05) is 19.8 Å². The van der Waals surface area contributed by atoms with Gasteiger partial charge in [-0.15, -0.1) is 0 Å². The van der Waals surface area contributed by atoms with E-state index in [1.807, 2.05) is 6.08 Å². The van der Waals surface area contributed by atoms with E-state index in [1.54, 1.807) is 6.08 Å². The van der Waals surface area contributed by atoms with Crippen LogP contribution in [0, 0.1) is 0 Å². The van der Waals surface area contributed by atoms with Gasteiger partial charge in [-0.05, 0) is 77.0 Å². The quantitative estimate of drug-likeness (QED) is 0.0204. The van der Waals surface area contributed by atoms with E-state index in [4.69, 9.17) is 18.9 Å². The van der Waals surface area contributed by atoms with Gasteiger partial charge in [-0.25, -0.2) is 0 Å². The molecular formula is C73H129NO13. The maximum Gasteiger partial charge on any atom is 0.220 e. The summed E-state index contributed by atoms with van der Waals surface area (Å²) in [6.07, 6.45) is 62.0. The molecule has 2 aliphatic rings. The van der Waals surface area contributed by atoms with Crippen molar-refractivity contribution in [1.29, 1.82) is 0 Å². The third kappa shape index (κ3) is 41.3. The molecule has 0 spiro atoms. The molecule has 2 heterocycles. The van der Waals surface area contributed by atoms with Gasteiger partial charge in [0, 0.05) is 6.42 Å². The smallest absolute Gasteiger partial charge is 0.220 e. The van der Waals surface area contributed by atoms with Crippen LogP contribution in [0.1, 0.15) is 277 Å². The number of allylic oxidation sites excluding steroid dienone is 13. The van der Waals surface area contributed by atoms with E-state index in [2.05, 4.69) is 92.1 Å². The van der Waals surface area contributed by atoms with Crippen LogP contribution in [0.25, 0.3) is 0 Å². The Morgan fingerprint density at radius 1 is 0.425 bits per heavy atom. The fraction of sp³-hybridized carbons (Fsp3) is 0.795. The minimum atomic E-state index is -1.79. The van der Waals surface area contributed by atoms with Gasteiger partial charge in [-0.2, -0.15) is 0 Å². The van der Waals surface area contributed by atoms with Gasteiger partial charge in [-0.1, -0.05) is 279 Å². The molecule has 1 amide bonds.